The van der Waals surface area contributed by atoms with Gasteiger partial charge in [0.1, 0.15) is 5.75 Å². The molecule has 0 unspecified atom stereocenters. The maximum Gasteiger partial charge on any atom is 0.258 e. The first-order valence-corrected chi connectivity index (χ1v) is 8.05. The average Bonchev–Trinajstić information content (AvgIpc) is 2.64. The molecule has 126 valence electrons. The molecule has 0 radical (unpaired) electrons. The maximum atomic E-state index is 12.6. The van der Waals surface area contributed by atoms with Crippen LogP contribution < -0.4 is 10.3 Å². The fourth-order valence-corrected chi connectivity index (χ4v) is 2.55. The molecule has 3 aromatic rings. The van der Waals surface area contributed by atoms with Crippen LogP contribution in [0.3, 0.4) is 0 Å². The second-order valence-electron chi connectivity index (χ2n) is 5.54. The Labute approximate surface area is 145 Å². The second kappa shape index (κ2) is 7.57. The summed E-state index contributed by atoms with van der Waals surface area (Å²) in [4.78, 5) is 31.2. The molecule has 0 bridgehead atoms. The third-order valence-electron chi connectivity index (χ3n) is 3.82. The number of carbonyl (C=O) groups is 1. The van der Waals surface area contributed by atoms with E-state index in [9.17, 15) is 9.59 Å². The minimum Gasteiger partial charge on any atom is -0.494 e. The third kappa shape index (κ3) is 4.01. The van der Waals surface area contributed by atoms with Crippen LogP contribution in [0.25, 0.3) is 11.1 Å². The Balaban J connectivity index is 1.83. The number of rotatable bonds is 6. The van der Waals surface area contributed by atoms with E-state index >= 15 is 0 Å². The number of Topliss-reactive ketones (excluding diaryl/α,β-unsaturated/α-hetero) is 1. The topological polar surface area (TPSA) is 72.0 Å². The largest absolute Gasteiger partial charge is 0.494 e. The van der Waals surface area contributed by atoms with Crippen LogP contribution >= 0.6 is 0 Å². The fraction of sp³-hybridized carbons (Fsp3) is 0.150. The van der Waals surface area contributed by atoms with Crippen molar-refractivity contribution < 1.29 is 9.53 Å². The highest BCUT2D eigenvalue weighted by molar-refractivity contribution is 5.98. The van der Waals surface area contributed by atoms with E-state index in [-0.39, 0.29) is 23.3 Å². The van der Waals surface area contributed by atoms with Crippen molar-refractivity contribution in [2.45, 2.75) is 13.3 Å². The highest BCUT2D eigenvalue weighted by Gasteiger charge is 2.13. The van der Waals surface area contributed by atoms with E-state index in [1.54, 1.807) is 24.7 Å². The van der Waals surface area contributed by atoms with Gasteiger partial charge in [0.25, 0.3) is 5.56 Å². The van der Waals surface area contributed by atoms with E-state index < -0.39 is 0 Å². The lowest BCUT2D eigenvalue weighted by atomic mass is 10.0. The van der Waals surface area contributed by atoms with E-state index in [4.69, 9.17) is 4.74 Å². The molecule has 3 rings (SSSR count). The van der Waals surface area contributed by atoms with Crippen LogP contribution in [-0.4, -0.2) is 22.4 Å². The van der Waals surface area contributed by atoms with Crippen molar-refractivity contribution in [3.63, 3.8) is 0 Å². The van der Waals surface area contributed by atoms with E-state index in [2.05, 4.69) is 9.97 Å². The van der Waals surface area contributed by atoms with Gasteiger partial charge in [-0.1, -0.05) is 12.1 Å². The number of nitrogens with one attached hydrogen (secondary N) is 1. The van der Waals surface area contributed by atoms with Gasteiger partial charge in [0.05, 0.1) is 12.2 Å². The minimum atomic E-state index is -0.381. The molecule has 0 aliphatic rings. The number of hydrogen-bond donors (Lipinski definition) is 1. The van der Waals surface area contributed by atoms with Crippen molar-refractivity contribution in [1.29, 1.82) is 0 Å². The summed E-state index contributed by atoms with van der Waals surface area (Å²) >= 11 is 0. The quantitative estimate of drug-likeness (QED) is 0.702. The molecule has 1 N–H and O–H groups in total. The summed E-state index contributed by atoms with van der Waals surface area (Å²) < 4.78 is 5.39. The molecule has 0 aliphatic carbocycles. The minimum absolute atomic E-state index is 0.156. The van der Waals surface area contributed by atoms with Gasteiger partial charge in [0.2, 0.25) is 0 Å². The van der Waals surface area contributed by atoms with Gasteiger partial charge in [0, 0.05) is 25.0 Å². The van der Waals surface area contributed by atoms with Gasteiger partial charge in [-0.25, -0.2) is 0 Å². The Morgan fingerprint density at radius 2 is 1.80 bits per heavy atom. The molecule has 5 nitrogen and oxygen atoms in total. The summed E-state index contributed by atoms with van der Waals surface area (Å²) in [5, 5.41) is 0. The molecule has 25 heavy (non-hydrogen) atoms. The molecule has 0 atom stereocenters. The van der Waals surface area contributed by atoms with E-state index in [0.29, 0.717) is 6.61 Å². The first-order chi connectivity index (χ1) is 12.2. The summed E-state index contributed by atoms with van der Waals surface area (Å²) in [7, 11) is 0. The molecule has 0 saturated carbocycles. The number of ketones is 1. The Morgan fingerprint density at radius 1 is 1.08 bits per heavy atom. The van der Waals surface area contributed by atoms with Crippen molar-refractivity contribution in [2.24, 2.45) is 0 Å². The van der Waals surface area contributed by atoms with Crippen LogP contribution in [0.4, 0.5) is 0 Å². The summed E-state index contributed by atoms with van der Waals surface area (Å²) in [6, 6.07) is 12.6. The molecule has 0 aliphatic heterocycles. The number of aromatic amines is 1. The molecular weight excluding hydrogens is 316 g/mol. The number of ether oxygens (including phenoxy) is 1. The maximum absolute atomic E-state index is 12.6. The molecule has 0 amide bonds. The predicted molar refractivity (Wildman–Crippen MR) is 95.9 cm³/mol. The Morgan fingerprint density at radius 3 is 2.48 bits per heavy atom. The molecule has 2 aromatic heterocycles. The van der Waals surface area contributed by atoms with Crippen LogP contribution in [0.5, 0.6) is 5.75 Å². The second-order valence-corrected chi connectivity index (χ2v) is 5.54. The van der Waals surface area contributed by atoms with Gasteiger partial charge in [-0.05, 0) is 53.9 Å². The van der Waals surface area contributed by atoms with Crippen molar-refractivity contribution >= 4 is 5.78 Å². The van der Waals surface area contributed by atoms with Crippen molar-refractivity contribution in [3.8, 4) is 16.9 Å². The van der Waals surface area contributed by atoms with Crippen LogP contribution in [-0.2, 0) is 6.42 Å². The van der Waals surface area contributed by atoms with E-state index in [1.807, 2.05) is 43.3 Å². The Hall–Kier alpha value is -3.21. The first kappa shape index (κ1) is 16.6. The molecule has 0 fully saturated rings. The highest BCUT2D eigenvalue weighted by atomic mass is 16.5. The first-order valence-electron chi connectivity index (χ1n) is 8.05. The van der Waals surface area contributed by atoms with Gasteiger partial charge < -0.3 is 9.72 Å². The summed E-state index contributed by atoms with van der Waals surface area (Å²) in [5.74, 6) is 0.539. The van der Waals surface area contributed by atoms with E-state index in [0.717, 1.165) is 22.4 Å². The number of nitrogens with zero attached hydrogens (tertiary/aromatic N) is 1. The van der Waals surface area contributed by atoms with Crippen LogP contribution in [0.1, 0.15) is 22.8 Å². The molecule has 0 saturated heterocycles. The van der Waals surface area contributed by atoms with Gasteiger partial charge in [-0.15, -0.1) is 0 Å². The smallest absolute Gasteiger partial charge is 0.258 e. The monoisotopic (exact) mass is 334 g/mol. The van der Waals surface area contributed by atoms with Crippen LogP contribution in [0.2, 0.25) is 0 Å². The normalized spacial score (nSPS) is 10.4. The lowest BCUT2D eigenvalue weighted by Crippen LogP contribution is -2.18. The van der Waals surface area contributed by atoms with Crippen LogP contribution in [0, 0.1) is 0 Å². The average molecular weight is 334 g/mol. The molecule has 1 aromatic carbocycles. The van der Waals surface area contributed by atoms with Crippen molar-refractivity contribution in [3.05, 3.63) is 82.5 Å². The van der Waals surface area contributed by atoms with Crippen LogP contribution in [0.15, 0.2) is 65.8 Å². The predicted octanol–water partition coefficient (Wildman–Crippen LogP) is 3.26. The zero-order chi connectivity index (χ0) is 17.6. The zero-order valence-electron chi connectivity index (χ0n) is 13.9. The zero-order valence-corrected chi connectivity index (χ0v) is 13.9. The number of benzene rings is 1. The summed E-state index contributed by atoms with van der Waals surface area (Å²) in [6.45, 7) is 2.51. The number of carbonyl (C=O) groups excluding carboxylic acids is 1. The summed E-state index contributed by atoms with van der Waals surface area (Å²) in [6.07, 6.45) is 5.10. The molecule has 5 heteroatoms. The van der Waals surface area contributed by atoms with Gasteiger partial charge in [0.15, 0.2) is 5.78 Å². The lowest BCUT2D eigenvalue weighted by molar-refractivity contribution is 0.0991. The van der Waals surface area contributed by atoms with Gasteiger partial charge >= 0.3 is 0 Å². The number of hydrogen-bond acceptors (Lipinski definition) is 4. The summed E-state index contributed by atoms with van der Waals surface area (Å²) in [5.41, 5.74) is 2.28. The standard InChI is InChI=1S/C20H18N2O3/c1-2-25-17-5-3-14(4-6-17)11-19(23)18-12-16(13-22-20(18)24)15-7-9-21-10-8-15/h3-10,12-13H,2,11H2,1H3,(H,22,24). The Bertz CT molecular complexity index is 916. The number of pyridine rings is 2. The van der Waals surface area contributed by atoms with Gasteiger partial charge in [-0.2, -0.15) is 0 Å². The highest BCUT2D eigenvalue weighted by Crippen LogP contribution is 2.18. The number of H-pyrrole nitrogens is 1. The van der Waals surface area contributed by atoms with Crippen molar-refractivity contribution in [1.82, 2.24) is 9.97 Å². The molecular formula is C20H18N2O3. The third-order valence-corrected chi connectivity index (χ3v) is 3.82. The lowest BCUT2D eigenvalue weighted by Gasteiger charge is -2.06. The molecule has 2 heterocycles. The van der Waals surface area contributed by atoms with Crippen molar-refractivity contribution in [2.75, 3.05) is 6.61 Å². The molecule has 0 spiro atoms. The Kier molecular flexibility index (Phi) is 5.04. The SMILES string of the molecule is CCOc1ccc(CC(=O)c2cc(-c3ccncc3)c[nH]c2=O)cc1. The fourth-order valence-electron chi connectivity index (χ4n) is 2.55. The number of aromatic nitrogens is 2. The van der Waals surface area contributed by atoms with Gasteiger partial charge in [-0.3, -0.25) is 14.6 Å². The van der Waals surface area contributed by atoms with E-state index in [1.165, 1.54) is 0 Å².